The molecule has 0 bridgehead atoms. The van der Waals surface area contributed by atoms with Crippen LogP contribution in [0.25, 0.3) is 0 Å². The van der Waals surface area contributed by atoms with Crippen LogP contribution in [-0.2, 0) is 13.0 Å². The van der Waals surface area contributed by atoms with Crippen molar-refractivity contribution < 1.29 is 9.47 Å². The van der Waals surface area contributed by atoms with Gasteiger partial charge in [0.15, 0.2) is 0 Å². The summed E-state index contributed by atoms with van der Waals surface area (Å²) in [6.45, 7) is 9.62. The average Bonchev–Trinajstić information content (AvgIpc) is 2.86. The number of rotatable bonds is 10. The van der Waals surface area contributed by atoms with Crippen LogP contribution in [0.5, 0.6) is 11.5 Å². The topological polar surface area (TPSA) is 33.7 Å². The lowest BCUT2D eigenvalue weighted by atomic mass is 9.89. The molecular weight excluding hydrogens is 432 g/mol. The molecule has 0 spiro atoms. The zero-order chi connectivity index (χ0) is 23.0. The van der Waals surface area contributed by atoms with E-state index >= 15 is 0 Å². The van der Waals surface area contributed by atoms with Gasteiger partial charge in [0.25, 0.3) is 0 Å². The smallest absolute Gasteiger partial charge is 0.120 e. The first-order valence-corrected chi connectivity index (χ1v) is 12.2. The van der Waals surface area contributed by atoms with Gasteiger partial charge in [0.1, 0.15) is 24.7 Å². The maximum atomic E-state index is 6.06. The average molecular weight is 465 g/mol. The van der Waals surface area contributed by atoms with Crippen LogP contribution in [0.15, 0.2) is 66.7 Å². The van der Waals surface area contributed by atoms with E-state index in [0.29, 0.717) is 6.61 Å². The number of halogens is 1. The molecule has 0 amide bonds. The Morgan fingerprint density at radius 3 is 2.52 bits per heavy atom. The van der Waals surface area contributed by atoms with Crippen molar-refractivity contribution in [2.45, 2.75) is 32.9 Å². The molecule has 0 saturated heterocycles. The van der Waals surface area contributed by atoms with Crippen molar-refractivity contribution in [3.8, 4) is 11.5 Å². The Morgan fingerprint density at radius 1 is 0.939 bits per heavy atom. The van der Waals surface area contributed by atoms with Crippen LogP contribution in [0.2, 0.25) is 5.02 Å². The van der Waals surface area contributed by atoms with Gasteiger partial charge >= 0.3 is 0 Å². The van der Waals surface area contributed by atoms with E-state index in [4.69, 9.17) is 21.1 Å². The first-order valence-electron chi connectivity index (χ1n) is 11.8. The van der Waals surface area contributed by atoms with Gasteiger partial charge in [-0.15, -0.1) is 0 Å². The van der Waals surface area contributed by atoms with Gasteiger partial charge in [0.05, 0.1) is 6.04 Å². The quantitative estimate of drug-likeness (QED) is 0.406. The number of nitrogens with one attached hydrogen (secondary N) is 1. The van der Waals surface area contributed by atoms with Gasteiger partial charge in [-0.2, -0.15) is 0 Å². The van der Waals surface area contributed by atoms with Crippen LogP contribution in [0.4, 0.5) is 0 Å². The van der Waals surface area contributed by atoms with Crippen molar-refractivity contribution in [1.82, 2.24) is 10.2 Å². The Labute approximate surface area is 202 Å². The first-order chi connectivity index (χ1) is 16.2. The molecule has 4 nitrogen and oxygen atoms in total. The zero-order valence-corrected chi connectivity index (χ0v) is 20.3. The molecule has 33 heavy (non-hydrogen) atoms. The van der Waals surface area contributed by atoms with Crippen LogP contribution in [0.1, 0.15) is 42.1 Å². The van der Waals surface area contributed by atoms with E-state index in [2.05, 4.69) is 60.5 Å². The van der Waals surface area contributed by atoms with Crippen molar-refractivity contribution in [3.05, 3.63) is 94.0 Å². The van der Waals surface area contributed by atoms with E-state index in [-0.39, 0.29) is 6.04 Å². The Bertz CT molecular complexity index is 1030. The van der Waals surface area contributed by atoms with Gasteiger partial charge in [-0.3, -0.25) is 0 Å². The standard InChI is InChI=1S/C28H33ClN2O2/c1-3-31(4-2)16-17-32-26-12-13-27-22(18-26)14-15-30-28(27)23-6-5-7-25(19-23)33-20-21-8-10-24(29)11-9-21/h5-13,18-19,28,30H,3-4,14-17,20H2,1-2H3. The summed E-state index contributed by atoms with van der Waals surface area (Å²) in [7, 11) is 0. The molecule has 1 heterocycles. The zero-order valence-electron chi connectivity index (χ0n) is 19.5. The number of hydrogen-bond acceptors (Lipinski definition) is 4. The van der Waals surface area contributed by atoms with Gasteiger partial charge in [0, 0.05) is 18.1 Å². The van der Waals surface area contributed by atoms with E-state index in [9.17, 15) is 0 Å². The number of likely N-dealkylation sites (N-methyl/N-ethyl adjacent to an activating group) is 1. The molecule has 0 aliphatic carbocycles. The van der Waals surface area contributed by atoms with Crippen molar-refractivity contribution in [1.29, 1.82) is 0 Å². The molecule has 1 aliphatic heterocycles. The highest BCUT2D eigenvalue weighted by Crippen LogP contribution is 2.32. The molecule has 3 aromatic rings. The second-order valence-corrected chi connectivity index (χ2v) is 8.80. The summed E-state index contributed by atoms with van der Waals surface area (Å²) in [5.74, 6) is 1.83. The molecule has 3 aromatic carbocycles. The molecule has 5 heteroatoms. The minimum absolute atomic E-state index is 0.151. The minimum atomic E-state index is 0.151. The third kappa shape index (κ3) is 6.29. The minimum Gasteiger partial charge on any atom is -0.492 e. The summed E-state index contributed by atoms with van der Waals surface area (Å²) in [5, 5.41) is 4.41. The normalized spacial score (nSPS) is 15.3. The van der Waals surface area contributed by atoms with Gasteiger partial charge in [-0.05, 0) is 78.2 Å². The molecule has 0 saturated carbocycles. The number of benzene rings is 3. The largest absolute Gasteiger partial charge is 0.492 e. The lowest BCUT2D eigenvalue weighted by molar-refractivity contribution is 0.222. The maximum Gasteiger partial charge on any atom is 0.120 e. The summed E-state index contributed by atoms with van der Waals surface area (Å²) >= 11 is 5.98. The molecule has 1 N–H and O–H groups in total. The highest BCUT2D eigenvalue weighted by atomic mass is 35.5. The van der Waals surface area contributed by atoms with Crippen molar-refractivity contribution in [2.75, 3.05) is 32.8 Å². The molecule has 1 atom stereocenters. The molecule has 0 fully saturated rings. The van der Waals surface area contributed by atoms with Crippen molar-refractivity contribution >= 4 is 11.6 Å². The van der Waals surface area contributed by atoms with E-state index in [0.717, 1.165) is 61.3 Å². The van der Waals surface area contributed by atoms with Crippen LogP contribution < -0.4 is 14.8 Å². The molecule has 1 unspecified atom stereocenters. The molecule has 4 rings (SSSR count). The van der Waals surface area contributed by atoms with E-state index < -0.39 is 0 Å². The molecule has 174 valence electrons. The third-order valence-electron chi connectivity index (χ3n) is 6.25. The summed E-state index contributed by atoms with van der Waals surface area (Å²) < 4.78 is 12.1. The maximum absolute atomic E-state index is 6.06. The summed E-state index contributed by atoms with van der Waals surface area (Å²) in [4.78, 5) is 2.38. The van der Waals surface area contributed by atoms with E-state index in [1.54, 1.807) is 0 Å². The van der Waals surface area contributed by atoms with Gasteiger partial charge < -0.3 is 19.7 Å². The predicted molar refractivity (Wildman–Crippen MR) is 136 cm³/mol. The van der Waals surface area contributed by atoms with E-state index in [1.165, 1.54) is 16.7 Å². The Balaban J connectivity index is 1.43. The molecule has 0 radical (unpaired) electrons. The van der Waals surface area contributed by atoms with Crippen molar-refractivity contribution in [2.24, 2.45) is 0 Å². The Hall–Kier alpha value is -2.53. The second-order valence-electron chi connectivity index (χ2n) is 8.36. The molecule has 1 aliphatic rings. The number of hydrogen-bond donors (Lipinski definition) is 1. The Morgan fingerprint density at radius 2 is 1.73 bits per heavy atom. The fourth-order valence-corrected chi connectivity index (χ4v) is 4.42. The second kappa shape index (κ2) is 11.6. The number of ether oxygens (including phenoxy) is 2. The van der Waals surface area contributed by atoms with Crippen molar-refractivity contribution in [3.63, 3.8) is 0 Å². The number of nitrogens with zero attached hydrogens (tertiary/aromatic N) is 1. The molecule has 0 aromatic heterocycles. The van der Waals surface area contributed by atoms with Crippen LogP contribution in [-0.4, -0.2) is 37.7 Å². The Kier molecular flexibility index (Phi) is 8.27. The summed E-state index contributed by atoms with van der Waals surface area (Å²) in [6, 6.07) is 22.8. The third-order valence-corrected chi connectivity index (χ3v) is 6.50. The van der Waals surface area contributed by atoms with Crippen LogP contribution in [0.3, 0.4) is 0 Å². The lowest BCUT2D eigenvalue weighted by Crippen LogP contribution is -2.30. The van der Waals surface area contributed by atoms with Crippen LogP contribution in [0, 0.1) is 0 Å². The van der Waals surface area contributed by atoms with Gasteiger partial charge in [0.2, 0.25) is 0 Å². The van der Waals surface area contributed by atoms with Gasteiger partial charge in [-0.1, -0.05) is 55.8 Å². The predicted octanol–water partition coefficient (Wildman–Crippen LogP) is 5.87. The lowest BCUT2D eigenvalue weighted by Gasteiger charge is -2.28. The van der Waals surface area contributed by atoms with Gasteiger partial charge in [-0.25, -0.2) is 0 Å². The van der Waals surface area contributed by atoms with Crippen LogP contribution >= 0.6 is 11.6 Å². The highest BCUT2D eigenvalue weighted by Gasteiger charge is 2.22. The monoisotopic (exact) mass is 464 g/mol. The van der Waals surface area contributed by atoms with E-state index in [1.807, 2.05) is 30.3 Å². The summed E-state index contributed by atoms with van der Waals surface area (Å²) in [5.41, 5.74) is 4.97. The highest BCUT2D eigenvalue weighted by molar-refractivity contribution is 6.30. The fourth-order valence-electron chi connectivity index (χ4n) is 4.29. The number of fused-ring (bicyclic) bond motifs is 1. The first kappa shape index (κ1) is 23.6. The molecular formula is C28H33ClN2O2. The SMILES string of the molecule is CCN(CC)CCOc1ccc2c(c1)CCNC2c1cccc(OCc2ccc(Cl)cc2)c1. The summed E-state index contributed by atoms with van der Waals surface area (Å²) in [6.07, 6.45) is 1.01. The fraction of sp³-hybridized carbons (Fsp3) is 0.357.